The van der Waals surface area contributed by atoms with Crippen molar-refractivity contribution >= 4 is 18.0 Å². The number of fused-ring (bicyclic) bond motifs is 2. The Labute approximate surface area is 191 Å². The minimum absolute atomic E-state index is 0.0113. The molecule has 0 aromatic carbocycles. The average Bonchev–Trinajstić information content (AvgIpc) is 2.93. The van der Waals surface area contributed by atoms with Gasteiger partial charge >= 0.3 is 12.1 Å². The number of unbranched alkanes of at least 4 members (excludes halogenated alkanes) is 1. The number of amides is 4. The molecule has 184 valence electrons. The number of piperidine rings is 1. The molecular weight excluding hydrogens is 416 g/mol. The minimum Gasteiger partial charge on any atom is -0.444 e. The Morgan fingerprint density at radius 3 is 2.56 bits per heavy atom. The number of carbonyl (C=O) groups excluding carboxylic acids is 3. The van der Waals surface area contributed by atoms with E-state index in [4.69, 9.17) is 14.4 Å². The van der Waals surface area contributed by atoms with Gasteiger partial charge in [-0.05, 0) is 46.0 Å². The summed E-state index contributed by atoms with van der Waals surface area (Å²) >= 11 is 0. The quantitative estimate of drug-likeness (QED) is 0.379. The van der Waals surface area contributed by atoms with Crippen LogP contribution in [0.5, 0.6) is 0 Å². The molecule has 0 radical (unpaired) electrons. The molecule has 2 fully saturated rings. The summed E-state index contributed by atoms with van der Waals surface area (Å²) in [5.74, 6) is -0.101. The number of nitrogens with zero attached hydrogens (tertiary/aromatic N) is 3. The van der Waals surface area contributed by atoms with Crippen molar-refractivity contribution in [3.63, 3.8) is 0 Å². The molecule has 0 spiro atoms. The summed E-state index contributed by atoms with van der Waals surface area (Å²) in [5.41, 5.74) is 1.86. The Balaban J connectivity index is 1.80. The van der Waals surface area contributed by atoms with E-state index in [1.807, 2.05) is 34.6 Å². The normalized spacial score (nSPS) is 20.7. The molecule has 0 aliphatic carbocycles. The zero-order chi connectivity index (χ0) is 23.9. The Bertz CT molecular complexity index is 651. The highest BCUT2D eigenvalue weighted by molar-refractivity contribution is 5.88. The van der Waals surface area contributed by atoms with Crippen molar-refractivity contribution in [1.29, 1.82) is 0 Å². The number of hydrogen-bond acceptors (Lipinski definition) is 6. The molecule has 1 N–H and O–H groups in total. The number of nitrogens with one attached hydrogen (secondary N) is 1. The second-order valence-electron chi connectivity index (χ2n) is 9.83. The van der Waals surface area contributed by atoms with Crippen LogP contribution in [0.15, 0.2) is 0 Å². The minimum atomic E-state index is -0.587. The predicted molar refractivity (Wildman–Crippen MR) is 118 cm³/mol. The standard InChI is InChI=1S/C22H40N4O6/c1-7-8-12-31-26-17-9-10-18(25(15-17)20(26)28)19(27)23-30-13-11-24(14-16(2)3)21(29)32-22(4,5)6/h16-18H,7-15H2,1-6H3,(H,23,27)/t17?,18-/m0/s1. The lowest BCUT2D eigenvalue weighted by atomic mass is 10.0. The van der Waals surface area contributed by atoms with E-state index in [1.165, 1.54) is 5.06 Å². The summed E-state index contributed by atoms with van der Waals surface area (Å²) in [6, 6.07) is -0.865. The van der Waals surface area contributed by atoms with E-state index in [1.54, 1.807) is 9.80 Å². The monoisotopic (exact) mass is 456 g/mol. The van der Waals surface area contributed by atoms with Crippen LogP contribution in [0.3, 0.4) is 0 Å². The van der Waals surface area contributed by atoms with Crippen molar-refractivity contribution in [3.8, 4) is 0 Å². The molecule has 0 aromatic heterocycles. The Morgan fingerprint density at radius 2 is 1.94 bits per heavy atom. The summed E-state index contributed by atoms with van der Waals surface area (Å²) in [5, 5.41) is 1.43. The summed E-state index contributed by atoms with van der Waals surface area (Å²) in [7, 11) is 0. The molecule has 2 aliphatic rings. The number of hydrogen-bond donors (Lipinski definition) is 1. The highest BCUT2D eigenvalue weighted by atomic mass is 16.7. The Kier molecular flexibility index (Phi) is 9.57. The number of urea groups is 1. The van der Waals surface area contributed by atoms with Gasteiger partial charge in [0, 0.05) is 19.6 Å². The summed E-state index contributed by atoms with van der Waals surface area (Å²) in [6.07, 6.45) is 2.71. The molecule has 2 saturated heterocycles. The zero-order valence-electron chi connectivity index (χ0n) is 20.4. The first-order chi connectivity index (χ1) is 15.0. The average molecular weight is 457 g/mol. The van der Waals surface area contributed by atoms with Crippen LogP contribution in [0.4, 0.5) is 9.59 Å². The van der Waals surface area contributed by atoms with Gasteiger partial charge in [-0.1, -0.05) is 27.2 Å². The number of rotatable bonds is 11. The fourth-order valence-corrected chi connectivity index (χ4v) is 3.75. The molecule has 2 aliphatic heterocycles. The lowest BCUT2D eigenvalue weighted by Crippen LogP contribution is -2.50. The van der Waals surface area contributed by atoms with Gasteiger partial charge in [-0.25, -0.2) is 15.1 Å². The lowest BCUT2D eigenvalue weighted by molar-refractivity contribution is -0.139. The first-order valence-electron chi connectivity index (χ1n) is 11.7. The van der Waals surface area contributed by atoms with Gasteiger partial charge in [0.25, 0.3) is 5.91 Å². The molecule has 2 bridgehead atoms. The van der Waals surface area contributed by atoms with Crippen molar-refractivity contribution in [2.45, 2.75) is 84.9 Å². The van der Waals surface area contributed by atoms with Gasteiger partial charge < -0.3 is 14.5 Å². The van der Waals surface area contributed by atoms with Crippen molar-refractivity contribution in [2.24, 2.45) is 5.92 Å². The molecule has 10 nitrogen and oxygen atoms in total. The molecule has 0 saturated carbocycles. The molecular formula is C22H40N4O6. The second kappa shape index (κ2) is 11.7. The fraction of sp³-hybridized carbons (Fsp3) is 0.864. The molecule has 2 atom stereocenters. The van der Waals surface area contributed by atoms with Gasteiger partial charge in [0.2, 0.25) is 0 Å². The van der Waals surface area contributed by atoms with Crippen LogP contribution in [-0.4, -0.2) is 83.4 Å². The number of carbonyl (C=O) groups is 3. The maximum Gasteiger partial charge on any atom is 0.410 e. The molecule has 10 heteroatoms. The molecule has 1 unspecified atom stereocenters. The van der Waals surface area contributed by atoms with E-state index in [-0.39, 0.29) is 37.0 Å². The van der Waals surface area contributed by atoms with E-state index < -0.39 is 17.7 Å². The summed E-state index contributed by atoms with van der Waals surface area (Å²) in [6.45, 7) is 13.4. The Hall–Kier alpha value is -2.07. The van der Waals surface area contributed by atoms with E-state index in [9.17, 15) is 14.4 Å². The van der Waals surface area contributed by atoms with Crippen LogP contribution in [0.1, 0.15) is 67.2 Å². The van der Waals surface area contributed by atoms with Crippen LogP contribution < -0.4 is 5.48 Å². The van der Waals surface area contributed by atoms with Gasteiger partial charge in [0.15, 0.2) is 0 Å². The van der Waals surface area contributed by atoms with Crippen molar-refractivity contribution in [3.05, 3.63) is 0 Å². The summed E-state index contributed by atoms with van der Waals surface area (Å²) < 4.78 is 5.45. The highest BCUT2D eigenvalue weighted by Crippen LogP contribution is 2.30. The van der Waals surface area contributed by atoms with E-state index in [2.05, 4.69) is 12.4 Å². The van der Waals surface area contributed by atoms with Crippen molar-refractivity contribution < 1.29 is 28.8 Å². The maximum atomic E-state index is 12.7. The van der Waals surface area contributed by atoms with Crippen molar-refractivity contribution in [2.75, 3.05) is 32.8 Å². The first-order valence-corrected chi connectivity index (χ1v) is 11.7. The zero-order valence-corrected chi connectivity index (χ0v) is 20.4. The maximum absolute atomic E-state index is 12.7. The third kappa shape index (κ3) is 7.51. The van der Waals surface area contributed by atoms with Crippen LogP contribution in [-0.2, 0) is 19.2 Å². The smallest absolute Gasteiger partial charge is 0.410 e. The van der Waals surface area contributed by atoms with Gasteiger partial charge in [-0.3, -0.25) is 14.5 Å². The first kappa shape index (κ1) is 26.2. The van der Waals surface area contributed by atoms with Crippen molar-refractivity contribution in [1.82, 2.24) is 20.3 Å². The van der Waals surface area contributed by atoms with Crippen LogP contribution in [0.25, 0.3) is 0 Å². The van der Waals surface area contributed by atoms with Gasteiger partial charge in [-0.2, -0.15) is 5.06 Å². The van der Waals surface area contributed by atoms with Crippen LogP contribution in [0.2, 0.25) is 0 Å². The number of hydroxylamine groups is 3. The molecule has 32 heavy (non-hydrogen) atoms. The molecule has 0 aromatic rings. The SMILES string of the molecule is CCCCON1C(=O)N2CC1CC[C@H]2C(=O)NOCCN(CC(C)C)C(=O)OC(C)(C)C. The molecule has 4 amide bonds. The highest BCUT2D eigenvalue weighted by Gasteiger charge is 2.47. The predicted octanol–water partition coefficient (Wildman–Crippen LogP) is 2.93. The van der Waals surface area contributed by atoms with E-state index >= 15 is 0 Å². The molecule has 2 heterocycles. The Morgan fingerprint density at radius 1 is 1.22 bits per heavy atom. The van der Waals surface area contributed by atoms with Gasteiger partial charge in [-0.15, -0.1) is 0 Å². The third-order valence-electron chi connectivity index (χ3n) is 5.23. The van der Waals surface area contributed by atoms with Gasteiger partial charge in [0.1, 0.15) is 11.6 Å². The lowest BCUT2D eigenvalue weighted by Gasteiger charge is -2.30. The second-order valence-corrected chi connectivity index (χ2v) is 9.83. The van der Waals surface area contributed by atoms with Gasteiger partial charge in [0.05, 0.1) is 19.3 Å². The van der Waals surface area contributed by atoms with Crippen LogP contribution in [0, 0.1) is 5.92 Å². The van der Waals surface area contributed by atoms with E-state index in [0.717, 1.165) is 12.8 Å². The molecule has 2 rings (SSSR count). The largest absolute Gasteiger partial charge is 0.444 e. The van der Waals surface area contributed by atoms with Crippen LogP contribution >= 0.6 is 0 Å². The summed E-state index contributed by atoms with van der Waals surface area (Å²) in [4.78, 5) is 51.8. The number of ether oxygens (including phenoxy) is 1. The third-order valence-corrected chi connectivity index (χ3v) is 5.23. The topological polar surface area (TPSA) is 101 Å². The fourth-order valence-electron chi connectivity index (χ4n) is 3.75. The van der Waals surface area contributed by atoms with E-state index in [0.29, 0.717) is 32.5 Å².